The molecule has 0 saturated heterocycles. The van der Waals surface area contributed by atoms with E-state index in [0.717, 1.165) is 44.7 Å². The van der Waals surface area contributed by atoms with E-state index in [1.54, 1.807) is 0 Å². The highest BCUT2D eigenvalue weighted by molar-refractivity contribution is 6.08. The smallest absolute Gasteiger partial charge is 0.160 e. The van der Waals surface area contributed by atoms with Crippen molar-refractivity contribution in [2.75, 3.05) is 0 Å². The predicted octanol–water partition coefficient (Wildman–Crippen LogP) is 12.8. The molecule has 0 amide bonds. The van der Waals surface area contributed by atoms with Crippen molar-refractivity contribution in [3.8, 4) is 67.4 Å². The minimum absolute atomic E-state index is 0.114. The summed E-state index contributed by atoms with van der Waals surface area (Å²) in [5, 5.41) is 4.90. The molecule has 0 radical (unpaired) electrons. The molecule has 250 valence electrons. The van der Waals surface area contributed by atoms with Gasteiger partial charge >= 0.3 is 0 Å². The first-order valence-electron chi connectivity index (χ1n) is 18.2. The number of hydrogen-bond acceptors (Lipinski definition) is 3. The molecule has 0 atom stereocenters. The van der Waals surface area contributed by atoms with E-state index in [0.29, 0.717) is 5.82 Å². The van der Waals surface area contributed by atoms with Gasteiger partial charge in [0.05, 0.1) is 17.1 Å². The Hall–Kier alpha value is -6.71. The average molecular weight is 678 g/mol. The van der Waals surface area contributed by atoms with Crippen LogP contribution in [0.1, 0.15) is 25.0 Å². The maximum absolute atomic E-state index is 5.26. The Bertz CT molecular complexity index is 2860. The molecule has 10 rings (SSSR count). The van der Waals surface area contributed by atoms with E-state index in [1.807, 2.05) is 42.6 Å². The van der Waals surface area contributed by atoms with Crippen molar-refractivity contribution in [3.05, 3.63) is 187 Å². The molecule has 1 aliphatic rings. The zero-order valence-electron chi connectivity index (χ0n) is 29.6. The van der Waals surface area contributed by atoms with Crippen LogP contribution in [-0.4, -0.2) is 15.0 Å². The van der Waals surface area contributed by atoms with Crippen LogP contribution in [0.4, 0.5) is 0 Å². The van der Waals surface area contributed by atoms with E-state index in [1.165, 1.54) is 49.5 Å². The van der Waals surface area contributed by atoms with Gasteiger partial charge in [-0.3, -0.25) is 4.98 Å². The maximum Gasteiger partial charge on any atom is 0.160 e. The summed E-state index contributed by atoms with van der Waals surface area (Å²) in [6.45, 7) is 4.72. The summed E-state index contributed by atoms with van der Waals surface area (Å²) in [5.41, 5.74) is 14.5. The van der Waals surface area contributed by atoms with E-state index < -0.39 is 0 Å². The Morgan fingerprint density at radius 1 is 0.396 bits per heavy atom. The Labute approximate surface area is 309 Å². The second-order valence-corrected chi connectivity index (χ2v) is 14.4. The quantitative estimate of drug-likeness (QED) is 0.182. The molecule has 3 heteroatoms. The summed E-state index contributed by atoms with van der Waals surface area (Å²) in [7, 11) is 0. The Morgan fingerprint density at radius 2 is 1.00 bits per heavy atom. The zero-order valence-corrected chi connectivity index (χ0v) is 29.6. The van der Waals surface area contributed by atoms with Crippen molar-refractivity contribution in [2.45, 2.75) is 19.3 Å². The summed E-state index contributed by atoms with van der Waals surface area (Å²) in [6, 6.07) is 60.5. The van der Waals surface area contributed by atoms with E-state index in [4.69, 9.17) is 15.0 Å². The minimum Gasteiger partial charge on any atom is -0.256 e. The normalized spacial score (nSPS) is 12.9. The summed E-state index contributed by atoms with van der Waals surface area (Å²) in [4.78, 5) is 15.1. The minimum atomic E-state index is -0.114. The Morgan fingerprint density at radius 3 is 1.75 bits per heavy atom. The van der Waals surface area contributed by atoms with E-state index in [-0.39, 0.29) is 5.41 Å². The molecule has 1 aliphatic carbocycles. The van der Waals surface area contributed by atoms with Gasteiger partial charge in [-0.05, 0) is 85.3 Å². The van der Waals surface area contributed by atoms with E-state index >= 15 is 0 Å². The van der Waals surface area contributed by atoms with Gasteiger partial charge in [-0.15, -0.1) is 0 Å². The van der Waals surface area contributed by atoms with Crippen LogP contribution in [0.3, 0.4) is 0 Å². The summed E-state index contributed by atoms with van der Waals surface area (Å²) in [6.07, 6.45) is 1.84. The molecule has 53 heavy (non-hydrogen) atoms. The fourth-order valence-corrected chi connectivity index (χ4v) is 8.35. The second kappa shape index (κ2) is 12.2. The predicted molar refractivity (Wildman–Crippen MR) is 220 cm³/mol. The SMILES string of the molecule is CC1(C)c2cc3ccccc3cc2-c2c(-c3ccc(-c4cc(-c5ccccc5-c5ccccn5)nc(-c5ccccc5)n4)c4ccccc34)cccc21. The first-order chi connectivity index (χ1) is 26.0. The molecule has 9 aromatic rings. The van der Waals surface area contributed by atoms with E-state index in [2.05, 4.69) is 147 Å². The lowest BCUT2D eigenvalue weighted by Gasteiger charge is -2.22. The molecule has 0 unspecified atom stereocenters. The molecule has 3 nitrogen and oxygen atoms in total. The van der Waals surface area contributed by atoms with Gasteiger partial charge in [0, 0.05) is 33.9 Å². The number of hydrogen-bond donors (Lipinski definition) is 0. The second-order valence-electron chi connectivity index (χ2n) is 14.4. The molecule has 0 aliphatic heterocycles. The summed E-state index contributed by atoms with van der Waals surface area (Å²) >= 11 is 0. The van der Waals surface area contributed by atoms with Crippen LogP contribution in [0.25, 0.3) is 89.0 Å². The van der Waals surface area contributed by atoms with Crippen LogP contribution in [0.2, 0.25) is 0 Å². The molecular formula is C50H35N3. The molecule has 0 saturated carbocycles. The fraction of sp³-hybridized carbons (Fsp3) is 0.0600. The lowest BCUT2D eigenvalue weighted by atomic mass is 9.81. The molecule has 0 spiro atoms. The maximum atomic E-state index is 5.26. The largest absolute Gasteiger partial charge is 0.256 e. The first kappa shape index (κ1) is 31.1. The molecule has 2 aromatic heterocycles. The van der Waals surface area contributed by atoms with Crippen LogP contribution < -0.4 is 0 Å². The van der Waals surface area contributed by atoms with Crippen LogP contribution >= 0.6 is 0 Å². The number of nitrogens with zero attached hydrogens (tertiary/aromatic N) is 3. The highest BCUT2D eigenvalue weighted by Crippen LogP contribution is 2.54. The Balaban J connectivity index is 1.19. The highest BCUT2D eigenvalue weighted by atomic mass is 14.9. The van der Waals surface area contributed by atoms with Crippen molar-refractivity contribution in [1.29, 1.82) is 0 Å². The van der Waals surface area contributed by atoms with Gasteiger partial charge < -0.3 is 0 Å². The number of fused-ring (bicyclic) bond motifs is 5. The molecular weight excluding hydrogens is 643 g/mol. The molecule has 7 aromatic carbocycles. The lowest BCUT2D eigenvalue weighted by molar-refractivity contribution is 0.661. The molecule has 0 fully saturated rings. The summed E-state index contributed by atoms with van der Waals surface area (Å²) < 4.78 is 0. The third kappa shape index (κ3) is 5.08. The van der Waals surface area contributed by atoms with Crippen LogP contribution in [0.15, 0.2) is 176 Å². The zero-order chi connectivity index (χ0) is 35.5. The van der Waals surface area contributed by atoms with Crippen LogP contribution in [0.5, 0.6) is 0 Å². The van der Waals surface area contributed by atoms with Crippen molar-refractivity contribution in [3.63, 3.8) is 0 Å². The molecule has 0 N–H and O–H groups in total. The topological polar surface area (TPSA) is 38.7 Å². The van der Waals surface area contributed by atoms with Crippen molar-refractivity contribution < 1.29 is 0 Å². The lowest BCUT2D eigenvalue weighted by Crippen LogP contribution is -2.14. The summed E-state index contributed by atoms with van der Waals surface area (Å²) in [5.74, 6) is 0.689. The number of benzene rings is 7. The third-order valence-corrected chi connectivity index (χ3v) is 11.0. The van der Waals surface area contributed by atoms with Gasteiger partial charge in [0.2, 0.25) is 0 Å². The Kier molecular flexibility index (Phi) is 7.16. The monoisotopic (exact) mass is 677 g/mol. The van der Waals surface area contributed by atoms with Gasteiger partial charge in [0.15, 0.2) is 5.82 Å². The van der Waals surface area contributed by atoms with Gasteiger partial charge in [-0.2, -0.15) is 0 Å². The number of aromatic nitrogens is 3. The van der Waals surface area contributed by atoms with Crippen LogP contribution in [-0.2, 0) is 5.41 Å². The highest BCUT2D eigenvalue weighted by Gasteiger charge is 2.37. The average Bonchev–Trinajstić information content (AvgIpc) is 3.45. The van der Waals surface area contributed by atoms with Crippen molar-refractivity contribution in [2.24, 2.45) is 0 Å². The van der Waals surface area contributed by atoms with Gasteiger partial charge in [-0.1, -0.05) is 153 Å². The van der Waals surface area contributed by atoms with Crippen molar-refractivity contribution in [1.82, 2.24) is 15.0 Å². The first-order valence-corrected chi connectivity index (χ1v) is 18.2. The molecule has 0 bridgehead atoms. The fourth-order valence-electron chi connectivity index (χ4n) is 8.35. The van der Waals surface area contributed by atoms with Crippen LogP contribution in [0, 0.1) is 0 Å². The molecule has 2 heterocycles. The van der Waals surface area contributed by atoms with E-state index in [9.17, 15) is 0 Å². The number of rotatable bonds is 5. The van der Waals surface area contributed by atoms with Gasteiger partial charge in [-0.25, -0.2) is 9.97 Å². The van der Waals surface area contributed by atoms with Crippen molar-refractivity contribution >= 4 is 21.5 Å². The third-order valence-electron chi connectivity index (χ3n) is 11.0. The van der Waals surface area contributed by atoms with Gasteiger partial charge in [0.1, 0.15) is 0 Å². The van der Waals surface area contributed by atoms with Gasteiger partial charge in [0.25, 0.3) is 0 Å². The number of pyridine rings is 1. The standard InChI is InChI=1S/C50H35N3/c1-50(2)43-24-14-23-41(48(43)42-29-33-17-6-7-18-34(33)30-44(42)50)37-26-27-40(36-20-9-8-19-35(36)37)47-31-46(52-49(53-47)32-15-4-3-5-16-32)39-22-11-10-21-38(39)45-25-12-13-28-51-45/h3-31H,1-2H3.